The van der Waals surface area contributed by atoms with E-state index in [2.05, 4.69) is 10.3 Å². The van der Waals surface area contributed by atoms with Gasteiger partial charge in [-0.15, -0.1) is 0 Å². The number of aromatic nitrogens is 1. The SMILES string of the molecule is CC.NCCC(=O)Nc1ccc(N)c(N)n1.Nc1ccccc1OC(=O)C1CC1. The highest BCUT2D eigenvalue weighted by Gasteiger charge is 2.31. The van der Waals surface area contributed by atoms with Crippen LogP contribution in [0.2, 0.25) is 0 Å². The lowest BCUT2D eigenvalue weighted by Crippen LogP contribution is -2.17. The van der Waals surface area contributed by atoms with E-state index in [1.54, 1.807) is 30.3 Å². The summed E-state index contributed by atoms with van der Waals surface area (Å²) in [7, 11) is 0. The van der Waals surface area contributed by atoms with E-state index in [0.717, 1.165) is 12.8 Å². The van der Waals surface area contributed by atoms with E-state index in [1.165, 1.54) is 0 Å². The Morgan fingerprint density at radius 1 is 1.07 bits per heavy atom. The van der Waals surface area contributed by atoms with Crippen molar-refractivity contribution in [1.29, 1.82) is 0 Å². The van der Waals surface area contributed by atoms with Crippen molar-refractivity contribution < 1.29 is 14.3 Å². The van der Waals surface area contributed by atoms with Gasteiger partial charge in [-0.1, -0.05) is 26.0 Å². The van der Waals surface area contributed by atoms with Crippen molar-refractivity contribution in [1.82, 2.24) is 4.98 Å². The van der Waals surface area contributed by atoms with Crippen molar-refractivity contribution in [3.05, 3.63) is 36.4 Å². The highest BCUT2D eigenvalue weighted by molar-refractivity contribution is 5.90. The topological polar surface area (TPSA) is 172 Å². The molecular weight excluding hydrogens is 372 g/mol. The van der Waals surface area contributed by atoms with E-state index >= 15 is 0 Å². The van der Waals surface area contributed by atoms with Crippen LogP contribution in [0.1, 0.15) is 33.1 Å². The summed E-state index contributed by atoms with van der Waals surface area (Å²) in [4.78, 5) is 26.2. The molecule has 0 unspecified atom stereocenters. The minimum absolute atomic E-state index is 0.111. The molecule has 1 fully saturated rings. The summed E-state index contributed by atoms with van der Waals surface area (Å²) < 4.78 is 5.11. The van der Waals surface area contributed by atoms with Crippen LogP contribution in [0.5, 0.6) is 5.75 Å². The number of nitrogens with one attached hydrogen (secondary N) is 1. The van der Waals surface area contributed by atoms with Gasteiger partial charge < -0.3 is 33.0 Å². The molecule has 3 rings (SSSR count). The number of esters is 1. The molecule has 1 saturated carbocycles. The molecule has 1 aliphatic rings. The first kappa shape index (κ1) is 23.7. The highest BCUT2D eigenvalue weighted by Crippen LogP contribution is 2.31. The Kier molecular flexibility index (Phi) is 9.97. The zero-order chi connectivity index (χ0) is 21.8. The first-order valence-electron chi connectivity index (χ1n) is 9.48. The Labute approximate surface area is 170 Å². The predicted molar refractivity (Wildman–Crippen MR) is 116 cm³/mol. The standard InChI is InChI=1S/C10H11NO2.C8H13N5O.C2H6/c11-8-3-1-2-4-9(8)13-10(12)7-5-6-7;9-4-3-7(14)12-6-2-1-5(10)8(11)13-6;1-2/h1-4,7H,5-6,11H2;1-2H,3-4,9-10H2,(H3,11,12,13,14);1-2H3. The number of rotatable bonds is 5. The number of hydrogen-bond acceptors (Lipinski definition) is 8. The lowest BCUT2D eigenvalue weighted by molar-refractivity contribution is -0.135. The number of para-hydroxylation sites is 2. The van der Waals surface area contributed by atoms with Crippen LogP contribution < -0.4 is 33.0 Å². The van der Waals surface area contributed by atoms with Gasteiger partial charge in [-0.3, -0.25) is 9.59 Å². The van der Waals surface area contributed by atoms with Gasteiger partial charge in [-0.25, -0.2) is 4.98 Å². The predicted octanol–water partition coefficient (Wildman–Crippen LogP) is 2.14. The van der Waals surface area contributed by atoms with E-state index in [-0.39, 0.29) is 30.0 Å². The van der Waals surface area contributed by atoms with Crippen LogP contribution in [-0.2, 0) is 9.59 Å². The van der Waals surface area contributed by atoms with Gasteiger partial charge in [0.25, 0.3) is 0 Å². The van der Waals surface area contributed by atoms with Crippen LogP contribution in [0.25, 0.3) is 0 Å². The molecule has 0 atom stereocenters. The highest BCUT2D eigenvalue weighted by atomic mass is 16.5. The summed E-state index contributed by atoms with van der Waals surface area (Å²) in [6.07, 6.45) is 2.16. The van der Waals surface area contributed by atoms with E-state index in [0.29, 0.717) is 29.5 Å². The minimum atomic E-state index is -0.191. The fourth-order valence-electron chi connectivity index (χ4n) is 1.98. The van der Waals surface area contributed by atoms with Crippen LogP contribution >= 0.6 is 0 Å². The largest absolute Gasteiger partial charge is 0.424 e. The van der Waals surface area contributed by atoms with E-state index < -0.39 is 0 Å². The summed E-state index contributed by atoms with van der Waals surface area (Å²) in [6.45, 7) is 4.30. The van der Waals surface area contributed by atoms with Crippen LogP contribution in [0.15, 0.2) is 36.4 Å². The number of anilines is 4. The van der Waals surface area contributed by atoms with Crippen molar-refractivity contribution in [2.45, 2.75) is 33.1 Å². The van der Waals surface area contributed by atoms with Gasteiger partial charge >= 0.3 is 5.97 Å². The number of ether oxygens (including phenoxy) is 1. The fourth-order valence-corrected chi connectivity index (χ4v) is 1.98. The maximum atomic E-state index is 11.2. The first-order valence-corrected chi connectivity index (χ1v) is 9.48. The quantitative estimate of drug-likeness (QED) is 0.287. The lowest BCUT2D eigenvalue weighted by Gasteiger charge is -2.05. The molecule has 0 saturated heterocycles. The van der Waals surface area contributed by atoms with Gasteiger partial charge in [-0.05, 0) is 37.1 Å². The molecule has 0 aliphatic heterocycles. The van der Waals surface area contributed by atoms with Gasteiger partial charge in [0, 0.05) is 13.0 Å². The Morgan fingerprint density at radius 3 is 2.28 bits per heavy atom. The number of hydrogen-bond donors (Lipinski definition) is 5. The number of nitrogens with two attached hydrogens (primary N) is 4. The average molecular weight is 402 g/mol. The molecule has 0 radical (unpaired) electrons. The number of nitrogens with zero attached hydrogens (tertiary/aromatic N) is 1. The number of nitrogen functional groups attached to an aromatic ring is 3. The van der Waals surface area contributed by atoms with E-state index in [9.17, 15) is 9.59 Å². The summed E-state index contributed by atoms with van der Waals surface area (Å²) in [6, 6.07) is 10.2. The van der Waals surface area contributed by atoms with Crippen molar-refractivity contribution in [3.63, 3.8) is 0 Å². The lowest BCUT2D eigenvalue weighted by atomic mass is 10.3. The molecule has 0 bridgehead atoms. The van der Waals surface area contributed by atoms with Gasteiger partial charge in [0.2, 0.25) is 5.91 Å². The molecule has 0 spiro atoms. The van der Waals surface area contributed by atoms with Crippen molar-refractivity contribution in [2.24, 2.45) is 11.7 Å². The monoisotopic (exact) mass is 402 g/mol. The molecule has 1 aromatic heterocycles. The molecule has 1 aromatic carbocycles. The second kappa shape index (κ2) is 12.2. The average Bonchev–Trinajstić information content (AvgIpc) is 3.54. The number of amides is 1. The van der Waals surface area contributed by atoms with Crippen LogP contribution in [0, 0.1) is 5.92 Å². The molecule has 1 heterocycles. The van der Waals surface area contributed by atoms with E-state index in [4.69, 9.17) is 27.7 Å². The Bertz CT molecular complexity index is 809. The fraction of sp³-hybridized carbons (Fsp3) is 0.350. The molecule has 1 aliphatic carbocycles. The zero-order valence-corrected chi connectivity index (χ0v) is 16.9. The molecular formula is C20H30N6O3. The molecule has 9 heteroatoms. The summed E-state index contributed by atoms with van der Waals surface area (Å²) in [5.74, 6) is 0.826. The number of carbonyl (C=O) groups is 2. The van der Waals surface area contributed by atoms with Crippen LogP contribution in [0.3, 0.4) is 0 Å². The summed E-state index contributed by atoms with van der Waals surface area (Å²) in [5, 5.41) is 2.55. The third kappa shape index (κ3) is 8.48. The Morgan fingerprint density at radius 2 is 1.72 bits per heavy atom. The molecule has 9 N–H and O–H groups in total. The van der Waals surface area contributed by atoms with Gasteiger partial charge in [0.15, 0.2) is 5.75 Å². The maximum absolute atomic E-state index is 11.2. The van der Waals surface area contributed by atoms with Crippen molar-refractivity contribution in [2.75, 3.05) is 29.1 Å². The van der Waals surface area contributed by atoms with Gasteiger partial charge in [0.05, 0.1) is 17.3 Å². The number of benzene rings is 1. The molecule has 1 amide bonds. The summed E-state index contributed by atoms with van der Waals surface area (Å²) in [5.41, 5.74) is 22.6. The zero-order valence-electron chi connectivity index (χ0n) is 16.9. The maximum Gasteiger partial charge on any atom is 0.314 e. The number of carbonyl (C=O) groups excluding carboxylic acids is 2. The first-order chi connectivity index (χ1) is 13.9. The second-order valence-electron chi connectivity index (χ2n) is 5.99. The molecule has 2 aromatic rings. The Balaban J connectivity index is 0.000000268. The molecule has 29 heavy (non-hydrogen) atoms. The third-order valence-electron chi connectivity index (χ3n) is 3.64. The Hall–Kier alpha value is -3.33. The number of pyridine rings is 1. The van der Waals surface area contributed by atoms with Gasteiger partial charge in [-0.2, -0.15) is 0 Å². The minimum Gasteiger partial charge on any atom is -0.424 e. The van der Waals surface area contributed by atoms with Crippen molar-refractivity contribution >= 4 is 34.9 Å². The second-order valence-corrected chi connectivity index (χ2v) is 5.99. The van der Waals surface area contributed by atoms with Crippen molar-refractivity contribution in [3.8, 4) is 5.75 Å². The molecule has 158 valence electrons. The third-order valence-corrected chi connectivity index (χ3v) is 3.64. The molecule has 9 nitrogen and oxygen atoms in total. The van der Waals surface area contributed by atoms with Crippen LogP contribution in [0.4, 0.5) is 23.0 Å². The van der Waals surface area contributed by atoms with Crippen LogP contribution in [-0.4, -0.2) is 23.4 Å². The normalized spacial score (nSPS) is 11.8. The summed E-state index contributed by atoms with van der Waals surface area (Å²) >= 11 is 0. The van der Waals surface area contributed by atoms with E-state index in [1.807, 2.05) is 19.9 Å². The van der Waals surface area contributed by atoms with Gasteiger partial charge in [0.1, 0.15) is 11.6 Å². The smallest absolute Gasteiger partial charge is 0.314 e.